The van der Waals surface area contributed by atoms with Crippen molar-refractivity contribution in [2.45, 2.75) is 93.8 Å². The Morgan fingerprint density at radius 2 is 1.63 bits per heavy atom. The predicted molar refractivity (Wildman–Crippen MR) is 117 cm³/mol. The maximum atomic E-state index is 11.2. The Balaban J connectivity index is 1.58. The number of ether oxygens (including phenoxy) is 5. The van der Waals surface area contributed by atoms with Crippen LogP contribution in [0.5, 0.6) is 0 Å². The number of hydrogen-bond donors (Lipinski definition) is 7. The number of carbonyl (C=O) groups excluding carboxylic acids is 1. The molecule has 3 aliphatic rings. The Bertz CT molecular complexity index is 670. The molecule has 0 spiro atoms. The maximum Gasteiger partial charge on any atom is 0.404 e. The van der Waals surface area contributed by atoms with Crippen LogP contribution in [0.2, 0.25) is 0 Å². The third-order valence-electron chi connectivity index (χ3n) is 7.26. The fourth-order valence-electron chi connectivity index (χ4n) is 5.13. The Morgan fingerprint density at radius 3 is 2.23 bits per heavy atom. The second-order valence-electron chi connectivity index (χ2n) is 9.53. The molecule has 35 heavy (non-hydrogen) atoms. The number of aliphatic hydroxyl groups is 6. The van der Waals surface area contributed by atoms with Gasteiger partial charge in [0.25, 0.3) is 0 Å². The summed E-state index contributed by atoms with van der Waals surface area (Å²) in [6.45, 7) is 1.83. The normalized spacial score (nSPS) is 44.0. The Kier molecular flexibility index (Phi) is 10.5. The molecular formula is C22H39NO12. The number of aliphatic hydroxyl groups excluding tert-OH is 6. The minimum Gasteiger partial charge on any atom is -0.441 e. The van der Waals surface area contributed by atoms with E-state index < -0.39 is 73.9 Å². The van der Waals surface area contributed by atoms with Gasteiger partial charge >= 0.3 is 6.09 Å². The van der Waals surface area contributed by atoms with E-state index in [1.165, 1.54) is 0 Å². The Morgan fingerprint density at radius 1 is 0.914 bits per heavy atom. The van der Waals surface area contributed by atoms with Crippen molar-refractivity contribution in [1.82, 2.24) is 0 Å². The van der Waals surface area contributed by atoms with E-state index in [-0.39, 0.29) is 6.61 Å². The van der Waals surface area contributed by atoms with Crippen molar-refractivity contribution in [3.05, 3.63) is 0 Å². The van der Waals surface area contributed by atoms with Gasteiger partial charge < -0.3 is 60.1 Å². The highest BCUT2D eigenvalue weighted by Crippen LogP contribution is 2.42. The van der Waals surface area contributed by atoms with Crippen molar-refractivity contribution < 1.29 is 59.1 Å². The summed E-state index contributed by atoms with van der Waals surface area (Å²) in [7, 11) is 0. The van der Waals surface area contributed by atoms with E-state index in [9.17, 15) is 30.3 Å². The third kappa shape index (κ3) is 6.80. The molecule has 1 aliphatic carbocycles. The molecule has 1 amide bonds. The molecule has 8 N–H and O–H groups in total. The summed E-state index contributed by atoms with van der Waals surface area (Å²) in [4.78, 5) is 11.2. The van der Waals surface area contributed by atoms with E-state index >= 15 is 0 Å². The lowest BCUT2D eigenvalue weighted by molar-refractivity contribution is -0.339. The minimum absolute atomic E-state index is 0.0157. The lowest BCUT2D eigenvalue weighted by Gasteiger charge is -2.47. The molecule has 2 saturated heterocycles. The zero-order chi connectivity index (χ0) is 25.7. The van der Waals surface area contributed by atoms with Gasteiger partial charge in [-0.2, -0.15) is 0 Å². The predicted octanol–water partition coefficient (Wildman–Crippen LogP) is -2.40. The zero-order valence-corrected chi connectivity index (χ0v) is 19.8. The topological polar surface area (TPSA) is 211 Å². The Labute approximate surface area is 203 Å². The first kappa shape index (κ1) is 28.4. The zero-order valence-electron chi connectivity index (χ0n) is 19.8. The molecule has 2 aliphatic heterocycles. The quantitative estimate of drug-likeness (QED) is 0.145. The number of carbonyl (C=O) groups is 1. The van der Waals surface area contributed by atoms with Crippen LogP contribution >= 0.6 is 0 Å². The van der Waals surface area contributed by atoms with Gasteiger partial charge in [-0.05, 0) is 44.4 Å². The fourth-order valence-corrected chi connectivity index (χ4v) is 5.13. The number of hydrogen-bond acceptors (Lipinski definition) is 12. The summed E-state index contributed by atoms with van der Waals surface area (Å²) in [5.41, 5.74) is 5.01. The Hall–Kier alpha value is -1.13. The molecule has 0 aromatic rings. The van der Waals surface area contributed by atoms with Crippen molar-refractivity contribution in [1.29, 1.82) is 0 Å². The van der Waals surface area contributed by atoms with Crippen molar-refractivity contribution in [3.63, 3.8) is 0 Å². The van der Waals surface area contributed by atoms with Crippen LogP contribution in [0.15, 0.2) is 0 Å². The highest BCUT2D eigenvalue weighted by molar-refractivity contribution is 5.65. The van der Waals surface area contributed by atoms with Crippen LogP contribution in [0.4, 0.5) is 4.79 Å². The van der Waals surface area contributed by atoms with E-state index in [4.69, 9.17) is 34.5 Å². The summed E-state index contributed by atoms with van der Waals surface area (Å²) in [5.74, 6) is 0.729. The van der Waals surface area contributed by atoms with Crippen LogP contribution in [0.1, 0.15) is 32.6 Å². The molecule has 2 heterocycles. The molecule has 3 rings (SSSR count). The van der Waals surface area contributed by atoms with Crippen LogP contribution in [0.25, 0.3) is 0 Å². The standard InChI is InChI=1S/C22H39NO12/c1-10-19(34-21-18(29)20(35-22(23)30)16(27)14(9-25)33-21)17(28)15(26)13(32-10)8-12-3-2-11(12)4-6-31-7-5-24/h10-21,24-29H,2-9H2,1H3,(H2,23,30)/t10?,11?,12?,13-,14+,15+,16+,17-,18-,19+,20+,21+/m0/s1. The first-order chi connectivity index (χ1) is 16.7. The number of amides is 1. The van der Waals surface area contributed by atoms with Gasteiger partial charge in [-0.15, -0.1) is 0 Å². The highest BCUT2D eigenvalue weighted by Gasteiger charge is 2.51. The van der Waals surface area contributed by atoms with Crippen LogP contribution in [0.3, 0.4) is 0 Å². The van der Waals surface area contributed by atoms with Crippen molar-refractivity contribution >= 4 is 6.09 Å². The van der Waals surface area contributed by atoms with Gasteiger partial charge in [-0.1, -0.05) is 0 Å². The minimum atomic E-state index is -1.68. The highest BCUT2D eigenvalue weighted by atomic mass is 16.7. The van der Waals surface area contributed by atoms with Gasteiger partial charge in [0.05, 0.1) is 32.0 Å². The smallest absolute Gasteiger partial charge is 0.404 e. The second-order valence-corrected chi connectivity index (χ2v) is 9.53. The van der Waals surface area contributed by atoms with E-state index in [1.807, 2.05) is 0 Å². The summed E-state index contributed by atoms with van der Waals surface area (Å²) in [6.07, 6.45) is -10.4. The van der Waals surface area contributed by atoms with Gasteiger partial charge in [0, 0.05) is 6.61 Å². The monoisotopic (exact) mass is 509 g/mol. The fraction of sp³-hybridized carbons (Fsp3) is 0.955. The number of nitrogens with two attached hydrogens (primary N) is 1. The average molecular weight is 510 g/mol. The molecule has 3 unspecified atom stereocenters. The molecule has 0 bridgehead atoms. The van der Waals surface area contributed by atoms with Gasteiger partial charge in [0.15, 0.2) is 12.4 Å². The SMILES string of the molecule is CC1O[C@@H](CC2CCC2CCOCCO)[C@@H](O)[C@H](O)[C@@H]1O[C@H]1O[C@H](CO)[C@@H](O)[C@@H](OC(N)=O)[C@@H]1O. The van der Waals surface area contributed by atoms with Crippen LogP contribution in [0, 0.1) is 11.8 Å². The first-order valence-corrected chi connectivity index (χ1v) is 12.1. The van der Waals surface area contributed by atoms with E-state index in [0.717, 1.165) is 19.3 Å². The summed E-state index contributed by atoms with van der Waals surface area (Å²) in [6, 6.07) is 0. The summed E-state index contributed by atoms with van der Waals surface area (Å²) >= 11 is 0. The largest absolute Gasteiger partial charge is 0.441 e. The lowest BCUT2D eigenvalue weighted by atomic mass is 9.68. The van der Waals surface area contributed by atoms with Crippen molar-refractivity contribution in [2.24, 2.45) is 17.6 Å². The van der Waals surface area contributed by atoms with Crippen LogP contribution in [-0.4, -0.2) is 124 Å². The molecule has 1 saturated carbocycles. The molecule has 3 fully saturated rings. The average Bonchev–Trinajstić information content (AvgIpc) is 2.81. The summed E-state index contributed by atoms with van der Waals surface area (Å²) < 4.78 is 27.2. The van der Waals surface area contributed by atoms with Gasteiger partial charge in [0.2, 0.25) is 0 Å². The molecule has 0 aromatic carbocycles. The van der Waals surface area contributed by atoms with Crippen molar-refractivity contribution in [3.8, 4) is 0 Å². The molecule has 13 heteroatoms. The number of primary amides is 1. The molecule has 204 valence electrons. The molecule has 0 aromatic heterocycles. The van der Waals surface area contributed by atoms with Crippen LogP contribution < -0.4 is 5.73 Å². The molecular weight excluding hydrogens is 470 g/mol. The third-order valence-corrected chi connectivity index (χ3v) is 7.26. The van der Waals surface area contributed by atoms with E-state index in [0.29, 0.717) is 31.5 Å². The van der Waals surface area contributed by atoms with Gasteiger partial charge in [-0.3, -0.25) is 0 Å². The molecule has 12 atom stereocenters. The molecule has 13 nitrogen and oxygen atoms in total. The van der Waals surface area contributed by atoms with E-state index in [2.05, 4.69) is 0 Å². The lowest BCUT2D eigenvalue weighted by Crippen LogP contribution is -2.64. The summed E-state index contributed by atoms with van der Waals surface area (Å²) in [5, 5.41) is 60.6. The van der Waals surface area contributed by atoms with Gasteiger partial charge in [0.1, 0.15) is 36.6 Å². The van der Waals surface area contributed by atoms with E-state index in [1.54, 1.807) is 6.92 Å². The van der Waals surface area contributed by atoms with Crippen LogP contribution in [-0.2, 0) is 23.7 Å². The number of rotatable bonds is 11. The maximum absolute atomic E-state index is 11.2. The van der Waals surface area contributed by atoms with Gasteiger partial charge in [-0.25, -0.2) is 4.79 Å². The van der Waals surface area contributed by atoms with Crippen molar-refractivity contribution in [2.75, 3.05) is 26.4 Å². The molecule has 0 radical (unpaired) electrons. The second kappa shape index (κ2) is 12.9. The first-order valence-electron chi connectivity index (χ1n) is 12.1.